The van der Waals surface area contributed by atoms with E-state index < -0.39 is 0 Å². The first-order valence-corrected chi connectivity index (χ1v) is 12.7. The third-order valence-electron chi connectivity index (χ3n) is 5.39. The van der Waals surface area contributed by atoms with Gasteiger partial charge in [-0.1, -0.05) is 11.8 Å². The Kier molecular flexibility index (Phi) is 5.93. The quantitative estimate of drug-likeness (QED) is 0.211. The first-order chi connectivity index (χ1) is 14.7. The molecular formula is C22H24N4O2S3. The molecular weight excluding hydrogens is 448 g/mol. The van der Waals surface area contributed by atoms with Gasteiger partial charge in [0.15, 0.2) is 16.1 Å². The SMILES string of the molecule is Cc1sc2nc(SCC(=O)c3cc(C)n(-c4nccs4)c3C)n(C(C)C)c(=O)c2c1C. The molecule has 0 N–H and O–H groups in total. The smallest absolute Gasteiger partial charge is 0.263 e. The van der Waals surface area contributed by atoms with Gasteiger partial charge >= 0.3 is 0 Å². The van der Waals surface area contributed by atoms with Crippen LogP contribution in [0.4, 0.5) is 0 Å². The number of Topliss-reactive ketones (excluding diaryl/α,β-unsaturated/α-hetero) is 1. The van der Waals surface area contributed by atoms with E-state index in [1.165, 1.54) is 34.4 Å². The number of carbonyl (C=O) groups is 1. The maximum absolute atomic E-state index is 13.2. The Morgan fingerprint density at radius 1 is 1.23 bits per heavy atom. The molecule has 0 aliphatic rings. The van der Waals surface area contributed by atoms with Crippen LogP contribution in [0.5, 0.6) is 0 Å². The number of aromatic nitrogens is 4. The summed E-state index contributed by atoms with van der Waals surface area (Å²) in [7, 11) is 0. The van der Waals surface area contributed by atoms with Gasteiger partial charge in [-0.05, 0) is 53.2 Å². The summed E-state index contributed by atoms with van der Waals surface area (Å²) in [6.07, 6.45) is 1.76. The van der Waals surface area contributed by atoms with Crippen molar-refractivity contribution in [2.75, 3.05) is 5.75 Å². The molecule has 0 amide bonds. The van der Waals surface area contributed by atoms with E-state index >= 15 is 0 Å². The molecule has 31 heavy (non-hydrogen) atoms. The second-order valence-electron chi connectivity index (χ2n) is 7.77. The summed E-state index contributed by atoms with van der Waals surface area (Å²) in [5.41, 5.74) is 3.51. The molecule has 0 saturated carbocycles. The molecule has 0 radical (unpaired) electrons. The van der Waals surface area contributed by atoms with Crippen LogP contribution >= 0.6 is 34.4 Å². The van der Waals surface area contributed by atoms with Gasteiger partial charge in [0.1, 0.15) is 4.83 Å². The Bertz CT molecular complexity index is 1340. The van der Waals surface area contributed by atoms with Crippen LogP contribution in [0.15, 0.2) is 27.6 Å². The van der Waals surface area contributed by atoms with Crippen molar-refractivity contribution in [3.05, 3.63) is 55.4 Å². The van der Waals surface area contributed by atoms with Crippen LogP contribution in [-0.2, 0) is 0 Å². The van der Waals surface area contributed by atoms with E-state index in [9.17, 15) is 9.59 Å². The molecule has 0 aliphatic carbocycles. The van der Waals surface area contributed by atoms with Crippen molar-refractivity contribution in [3.8, 4) is 5.13 Å². The zero-order valence-electron chi connectivity index (χ0n) is 18.3. The van der Waals surface area contributed by atoms with Crippen molar-refractivity contribution in [2.45, 2.75) is 52.7 Å². The van der Waals surface area contributed by atoms with Crippen LogP contribution < -0.4 is 5.56 Å². The lowest BCUT2D eigenvalue weighted by atomic mass is 10.2. The second kappa shape index (κ2) is 8.37. The summed E-state index contributed by atoms with van der Waals surface area (Å²) in [6, 6.07) is 1.87. The average molecular weight is 473 g/mol. The van der Waals surface area contributed by atoms with Gasteiger partial charge in [-0.2, -0.15) is 0 Å². The fourth-order valence-corrected chi connectivity index (χ4v) is 6.55. The summed E-state index contributed by atoms with van der Waals surface area (Å²) in [5.74, 6) is 0.236. The predicted molar refractivity (Wildman–Crippen MR) is 130 cm³/mol. The minimum Gasteiger partial charge on any atom is -0.294 e. The van der Waals surface area contributed by atoms with Gasteiger partial charge in [-0.15, -0.1) is 22.7 Å². The van der Waals surface area contributed by atoms with Gasteiger partial charge in [-0.25, -0.2) is 9.97 Å². The summed E-state index contributed by atoms with van der Waals surface area (Å²) in [5, 5.41) is 4.06. The third-order valence-corrected chi connectivity index (χ3v) is 8.20. The van der Waals surface area contributed by atoms with Gasteiger partial charge in [0.2, 0.25) is 0 Å². The highest BCUT2D eigenvalue weighted by Crippen LogP contribution is 2.30. The molecule has 0 spiro atoms. The molecule has 0 aromatic carbocycles. The van der Waals surface area contributed by atoms with Gasteiger partial charge in [0.25, 0.3) is 5.56 Å². The molecule has 4 aromatic heterocycles. The van der Waals surface area contributed by atoms with Crippen LogP contribution in [0.25, 0.3) is 15.3 Å². The van der Waals surface area contributed by atoms with Gasteiger partial charge < -0.3 is 0 Å². The summed E-state index contributed by atoms with van der Waals surface area (Å²) in [4.78, 5) is 37.3. The molecule has 4 aromatic rings. The molecule has 0 aliphatic heterocycles. The van der Waals surface area contributed by atoms with Crippen molar-refractivity contribution in [3.63, 3.8) is 0 Å². The molecule has 6 nitrogen and oxygen atoms in total. The van der Waals surface area contributed by atoms with Gasteiger partial charge in [0, 0.05) is 39.4 Å². The number of carbonyl (C=O) groups excluding carboxylic acids is 1. The number of hydrogen-bond donors (Lipinski definition) is 0. The highest BCUT2D eigenvalue weighted by atomic mass is 32.2. The van der Waals surface area contributed by atoms with Crippen LogP contribution in [-0.4, -0.2) is 30.6 Å². The summed E-state index contributed by atoms with van der Waals surface area (Å²) >= 11 is 4.40. The number of thioether (sulfide) groups is 1. The highest BCUT2D eigenvalue weighted by Gasteiger charge is 2.21. The Morgan fingerprint density at radius 2 is 1.97 bits per heavy atom. The van der Waals surface area contributed by atoms with E-state index in [-0.39, 0.29) is 23.1 Å². The number of hydrogen-bond acceptors (Lipinski definition) is 7. The minimum atomic E-state index is -0.0448. The fraction of sp³-hybridized carbons (Fsp3) is 0.364. The Balaban J connectivity index is 1.67. The largest absolute Gasteiger partial charge is 0.294 e. The topological polar surface area (TPSA) is 69.8 Å². The van der Waals surface area contributed by atoms with E-state index in [0.29, 0.717) is 16.1 Å². The Morgan fingerprint density at radius 3 is 2.61 bits per heavy atom. The molecule has 0 atom stereocenters. The first kappa shape index (κ1) is 22.0. The fourth-order valence-electron chi connectivity index (χ4n) is 3.72. The number of ketones is 1. The molecule has 0 unspecified atom stereocenters. The molecule has 4 rings (SSSR count). The maximum atomic E-state index is 13.2. The van der Waals surface area contributed by atoms with Crippen LogP contribution in [0.3, 0.4) is 0 Å². The lowest BCUT2D eigenvalue weighted by Crippen LogP contribution is -2.25. The molecule has 0 bridgehead atoms. The zero-order valence-corrected chi connectivity index (χ0v) is 20.8. The van der Waals surface area contributed by atoms with Crippen LogP contribution in [0.1, 0.15) is 52.1 Å². The normalized spacial score (nSPS) is 11.7. The second-order valence-corrected chi connectivity index (χ2v) is 10.8. The van der Waals surface area contributed by atoms with E-state index in [4.69, 9.17) is 4.98 Å². The number of aryl methyl sites for hydroxylation is 3. The van der Waals surface area contributed by atoms with Crippen molar-refractivity contribution >= 4 is 50.4 Å². The molecule has 162 valence electrons. The lowest BCUT2D eigenvalue weighted by molar-refractivity contribution is 0.102. The Labute approximate surface area is 193 Å². The Hall–Kier alpha value is -2.23. The number of thiophene rings is 1. The molecule has 0 fully saturated rings. The van der Waals surface area contributed by atoms with E-state index in [0.717, 1.165) is 31.8 Å². The van der Waals surface area contributed by atoms with Crippen molar-refractivity contribution < 1.29 is 4.79 Å². The number of fused-ring (bicyclic) bond motifs is 1. The standard InChI is InChI=1S/C22H24N4O2S3/c1-11(2)25-20(28)18-13(4)15(6)31-19(18)24-22(25)30-10-17(27)16-9-12(3)26(14(16)5)21-23-7-8-29-21/h7-9,11H,10H2,1-6H3. The number of thiazole rings is 1. The van der Waals surface area contributed by atoms with Crippen molar-refractivity contribution in [1.82, 2.24) is 19.1 Å². The van der Waals surface area contributed by atoms with Crippen molar-refractivity contribution in [2.24, 2.45) is 0 Å². The van der Waals surface area contributed by atoms with Crippen molar-refractivity contribution in [1.29, 1.82) is 0 Å². The average Bonchev–Trinajstić information content (AvgIpc) is 3.39. The summed E-state index contributed by atoms with van der Waals surface area (Å²) in [6.45, 7) is 11.8. The third kappa shape index (κ3) is 3.79. The number of rotatable bonds is 6. The molecule has 0 saturated heterocycles. The molecule has 9 heteroatoms. The van der Waals surface area contributed by atoms with E-state index in [1.807, 2.05) is 57.6 Å². The number of nitrogens with zero attached hydrogens (tertiary/aromatic N) is 4. The van der Waals surface area contributed by atoms with Gasteiger partial charge in [-0.3, -0.25) is 18.7 Å². The first-order valence-electron chi connectivity index (χ1n) is 9.97. The lowest BCUT2D eigenvalue weighted by Gasteiger charge is -2.15. The van der Waals surface area contributed by atoms with Crippen LogP contribution in [0, 0.1) is 27.7 Å². The maximum Gasteiger partial charge on any atom is 0.263 e. The predicted octanol–water partition coefficient (Wildman–Crippen LogP) is 5.49. The van der Waals surface area contributed by atoms with E-state index in [1.54, 1.807) is 10.8 Å². The summed E-state index contributed by atoms with van der Waals surface area (Å²) < 4.78 is 3.71. The highest BCUT2D eigenvalue weighted by molar-refractivity contribution is 7.99. The van der Waals surface area contributed by atoms with E-state index in [2.05, 4.69) is 4.98 Å². The monoisotopic (exact) mass is 472 g/mol. The molecule has 4 heterocycles. The minimum absolute atomic E-state index is 0.0177. The van der Waals surface area contributed by atoms with Crippen LogP contribution in [0.2, 0.25) is 0 Å². The van der Waals surface area contributed by atoms with Gasteiger partial charge in [0.05, 0.1) is 11.1 Å². The zero-order chi connectivity index (χ0) is 22.4.